The zero-order chi connectivity index (χ0) is 21.5. The zero-order valence-electron chi connectivity index (χ0n) is 18.5. The summed E-state index contributed by atoms with van der Waals surface area (Å²) in [5, 5.41) is 0. The third kappa shape index (κ3) is 4.86. The molecule has 0 amide bonds. The SMILES string of the molecule is Cc1cc(C2C=CC(c3ccc(OCC4(C)CO4)cc3)C=C2)ccc1OCC1(C)CO1. The molecule has 4 nitrogen and oxygen atoms in total. The van der Waals surface area contributed by atoms with E-state index in [1.807, 2.05) is 12.1 Å². The minimum Gasteiger partial charge on any atom is -0.491 e. The van der Waals surface area contributed by atoms with Crippen molar-refractivity contribution < 1.29 is 18.9 Å². The summed E-state index contributed by atoms with van der Waals surface area (Å²) < 4.78 is 22.6. The number of aryl methyl sites for hydroxylation is 1. The predicted octanol–water partition coefficient (Wildman–Crippen LogP) is 5.32. The van der Waals surface area contributed by atoms with Crippen LogP contribution in [-0.4, -0.2) is 37.6 Å². The summed E-state index contributed by atoms with van der Waals surface area (Å²) in [4.78, 5) is 0. The fourth-order valence-corrected chi connectivity index (χ4v) is 3.76. The topological polar surface area (TPSA) is 43.5 Å². The maximum atomic E-state index is 5.95. The fourth-order valence-electron chi connectivity index (χ4n) is 3.76. The van der Waals surface area contributed by atoms with Crippen LogP contribution in [0.25, 0.3) is 0 Å². The van der Waals surface area contributed by atoms with E-state index < -0.39 is 0 Å². The average Bonchev–Trinajstić information content (AvgIpc) is 3.71. The molecule has 0 radical (unpaired) electrons. The molecule has 2 heterocycles. The Morgan fingerprint density at radius 3 is 1.84 bits per heavy atom. The highest BCUT2D eigenvalue weighted by molar-refractivity contribution is 5.43. The Balaban J connectivity index is 1.18. The lowest BCUT2D eigenvalue weighted by Gasteiger charge is -2.19. The molecule has 1 aliphatic carbocycles. The molecule has 3 aliphatic rings. The van der Waals surface area contributed by atoms with Crippen LogP contribution < -0.4 is 9.47 Å². The van der Waals surface area contributed by atoms with Gasteiger partial charge in [0.1, 0.15) is 35.9 Å². The standard InChI is InChI=1S/C27H30O4/c1-19-14-23(10-13-25(19)29-16-27(3)18-31-27)22-6-4-20(5-7-22)21-8-11-24(12-9-21)28-15-26(2)17-30-26/h4-14,20,22H,15-18H2,1-3H3. The maximum absolute atomic E-state index is 5.95. The molecule has 2 unspecified atom stereocenters. The van der Waals surface area contributed by atoms with E-state index in [2.05, 4.69) is 75.4 Å². The van der Waals surface area contributed by atoms with E-state index in [1.54, 1.807) is 0 Å². The first-order chi connectivity index (χ1) is 14.9. The number of benzene rings is 2. The van der Waals surface area contributed by atoms with Gasteiger partial charge in [-0.1, -0.05) is 48.6 Å². The Hall–Kier alpha value is -2.56. The van der Waals surface area contributed by atoms with Crippen molar-refractivity contribution >= 4 is 0 Å². The smallest absolute Gasteiger partial charge is 0.123 e. The first-order valence-corrected chi connectivity index (χ1v) is 11.0. The number of hydrogen-bond acceptors (Lipinski definition) is 4. The van der Waals surface area contributed by atoms with Gasteiger partial charge in [0.05, 0.1) is 13.2 Å². The fraction of sp³-hybridized carbons (Fsp3) is 0.407. The zero-order valence-corrected chi connectivity index (χ0v) is 18.5. The van der Waals surface area contributed by atoms with E-state index in [-0.39, 0.29) is 23.0 Å². The third-order valence-corrected chi connectivity index (χ3v) is 6.25. The molecule has 0 saturated carbocycles. The molecule has 4 heteroatoms. The van der Waals surface area contributed by atoms with Gasteiger partial charge < -0.3 is 18.9 Å². The largest absolute Gasteiger partial charge is 0.491 e. The highest BCUT2D eigenvalue weighted by Gasteiger charge is 2.40. The van der Waals surface area contributed by atoms with E-state index in [0.717, 1.165) is 30.3 Å². The van der Waals surface area contributed by atoms with Gasteiger partial charge in [-0.05, 0) is 55.7 Å². The summed E-state index contributed by atoms with van der Waals surface area (Å²) in [5.74, 6) is 2.40. The monoisotopic (exact) mass is 418 g/mol. The number of ether oxygens (including phenoxy) is 4. The Morgan fingerprint density at radius 1 is 0.774 bits per heavy atom. The molecule has 2 aliphatic heterocycles. The van der Waals surface area contributed by atoms with E-state index in [0.29, 0.717) is 13.2 Å². The summed E-state index contributed by atoms with van der Waals surface area (Å²) in [6.45, 7) is 9.03. The Bertz CT molecular complexity index is 982. The van der Waals surface area contributed by atoms with Crippen molar-refractivity contribution in [2.24, 2.45) is 0 Å². The predicted molar refractivity (Wildman–Crippen MR) is 121 cm³/mol. The minimum absolute atomic E-state index is 0.0883. The molecule has 0 N–H and O–H groups in total. The van der Waals surface area contributed by atoms with E-state index in [9.17, 15) is 0 Å². The molecule has 2 aromatic carbocycles. The van der Waals surface area contributed by atoms with Crippen LogP contribution in [0.4, 0.5) is 0 Å². The second-order valence-corrected chi connectivity index (χ2v) is 9.47. The number of epoxide rings is 2. The van der Waals surface area contributed by atoms with Gasteiger partial charge in [0.25, 0.3) is 0 Å². The summed E-state index contributed by atoms with van der Waals surface area (Å²) in [5.41, 5.74) is 3.52. The van der Waals surface area contributed by atoms with Crippen LogP contribution >= 0.6 is 0 Å². The molecule has 5 rings (SSSR count). The molecular weight excluding hydrogens is 388 g/mol. The lowest BCUT2D eigenvalue weighted by Crippen LogP contribution is -2.17. The van der Waals surface area contributed by atoms with Gasteiger partial charge in [-0.15, -0.1) is 0 Å². The molecule has 162 valence electrons. The first kappa shape index (κ1) is 20.3. The average molecular weight is 419 g/mol. The summed E-state index contributed by atoms with van der Waals surface area (Å²) >= 11 is 0. The molecule has 2 atom stereocenters. The highest BCUT2D eigenvalue weighted by Crippen LogP contribution is 2.34. The van der Waals surface area contributed by atoms with Crippen LogP contribution in [0.15, 0.2) is 66.8 Å². The lowest BCUT2D eigenvalue weighted by atomic mass is 9.87. The molecule has 2 fully saturated rings. The van der Waals surface area contributed by atoms with Crippen molar-refractivity contribution in [2.75, 3.05) is 26.4 Å². The summed E-state index contributed by atoms with van der Waals surface area (Å²) in [6, 6.07) is 14.8. The lowest BCUT2D eigenvalue weighted by molar-refractivity contribution is 0.201. The molecule has 2 saturated heterocycles. The van der Waals surface area contributed by atoms with Crippen molar-refractivity contribution in [1.82, 2.24) is 0 Å². The van der Waals surface area contributed by atoms with Gasteiger partial charge >= 0.3 is 0 Å². The molecule has 31 heavy (non-hydrogen) atoms. The maximum Gasteiger partial charge on any atom is 0.123 e. The summed E-state index contributed by atoms with van der Waals surface area (Å²) in [7, 11) is 0. The van der Waals surface area contributed by atoms with Gasteiger partial charge in [0, 0.05) is 11.8 Å². The minimum atomic E-state index is -0.0942. The van der Waals surface area contributed by atoms with Crippen LogP contribution in [0, 0.1) is 6.92 Å². The Morgan fingerprint density at radius 2 is 1.29 bits per heavy atom. The Labute approximate surface area is 184 Å². The second kappa shape index (κ2) is 7.85. The van der Waals surface area contributed by atoms with Gasteiger partial charge in [0.2, 0.25) is 0 Å². The molecule has 0 bridgehead atoms. The van der Waals surface area contributed by atoms with Gasteiger partial charge in [-0.3, -0.25) is 0 Å². The van der Waals surface area contributed by atoms with Crippen molar-refractivity contribution in [3.8, 4) is 11.5 Å². The molecule has 0 spiro atoms. The Kier molecular flexibility index (Phi) is 5.15. The van der Waals surface area contributed by atoms with E-state index >= 15 is 0 Å². The highest BCUT2D eigenvalue weighted by atomic mass is 16.6. The van der Waals surface area contributed by atoms with Gasteiger partial charge in [-0.2, -0.15) is 0 Å². The van der Waals surface area contributed by atoms with Gasteiger partial charge in [-0.25, -0.2) is 0 Å². The van der Waals surface area contributed by atoms with Gasteiger partial charge in [0.15, 0.2) is 0 Å². The quantitative estimate of drug-likeness (QED) is 0.430. The summed E-state index contributed by atoms with van der Waals surface area (Å²) in [6.07, 6.45) is 9.14. The van der Waals surface area contributed by atoms with Crippen LogP contribution in [0.2, 0.25) is 0 Å². The first-order valence-electron chi connectivity index (χ1n) is 11.0. The second-order valence-electron chi connectivity index (χ2n) is 9.47. The van der Waals surface area contributed by atoms with Crippen molar-refractivity contribution in [2.45, 2.75) is 43.8 Å². The van der Waals surface area contributed by atoms with Crippen molar-refractivity contribution in [1.29, 1.82) is 0 Å². The molecule has 2 aromatic rings. The van der Waals surface area contributed by atoms with Crippen LogP contribution in [0.1, 0.15) is 42.4 Å². The van der Waals surface area contributed by atoms with E-state index in [1.165, 1.54) is 11.1 Å². The third-order valence-electron chi connectivity index (χ3n) is 6.25. The van der Waals surface area contributed by atoms with Crippen LogP contribution in [0.3, 0.4) is 0 Å². The van der Waals surface area contributed by atoms with Crippen molar-refractivity contribution in [3.63, 3.8) is 0 Å². The normalized spacial score (nSPS) is 30.8. The number of allylic oxidation sites excluding steroid dienone is 4. The van der Waals surface area contributed by atoms with Crippen LogP contribution in [-0.2, 0) is 9.47 Å². The molecular formula is C27H30O4. The van der Waals surface area contributed by atoms with E-state index in [4.69, 9.17) is 18.9 Å². The number of rotatable bonds is 8. The van der Waals surface area contributed by atoms with Crippen LogP contribution in [0.5, 0.6) is 11.5 Å². The number of hydrogen-bond donors (Lipinski definition) is 0. The van der Waals surface area contributed by atoms with Crippen molar-refractivity contribution in [3.05, 3.63) is 83.5 Å². The molecule has 0 aromatic heterocycles.